The Labute approximate surface area is 150 Å². The molecule has 0 aliphatic carbocycles. The lowest BCUT2D eigenvalue weighted by Gasteiger charge is -2.34. The van der Waals surface area contributed by atoms with E-state index in [2.05, 4.69) is 33.5 Å². The van der Waals surface area contributed by atoms with Crippen molar-refractivity contribution >= 4 is 33.3 Å². The van der Waals surface area contributed by atoms with Gasteiger partial charge < -0.3 is 14.3 Å². The zero-order valence-electron chi connectivity index (χ0n) is 14.1. The molecule has 1 aliphatic rings. The van der Waals surface area contributed by atoms with E-state index >= 15 is 0 Å². The van der Waals surface area contributed by atoms with Gasteiger partial charge in [-0.05, 0) is 30.1 Å². The Morgan fingerprint density at radius 2 is 2.04 bits per heavy atom. The first-order valence-corrected chi connectivity index (χ1v) is 9.38. The first-order chi connectivity index (χ1) is 12.3. The third kappa shape index (κ3) is 3.11. The van der Waals surface area contributed by atoms with Gasteiger partial charge in [-0.3, -0.25) is 4.79 Å². The van der Waals surface area contributed by atoms with Gasteiger partial charge in [-0.15, -0.1) is 0 Å². The maximum atomic E-state index is 12.6. The van der Waals surface area contributed by atoms with E-state index in [9.17, 15) is 4.79 Å². The van der Waals surface area contributed by atoms with Crippen LogP contribution in [-0.4, -0.2) is 46.5 Å². The molecule has 0 atom stereocenters. The van der Waals surface area contributed by atoms with Crippen LogP contribution >= 0.6 is 11.5 Å². The van der Waals surface area contributed by atoms with E-state index in [0.717, 1.165) is 37.5 Å². The van der Waals surface area contributed by atoms with Crippen molar-refractivity contribution < 1.29 is 9.32 Å². The normalized spacial score (nSPS) is 15.1. The minimum absolute atomic E-state index is 0.0473. The average molecular weight is 356 g/mol. The second kappa shape index (κ2) is 6.84. The van der Waals surface area contributed by atoms with Gasteiger partial charge in [0.15, 0.2) is 5.69 Å². The highest BCUT2D eigenvalue weighted by Crippen LogP contribution is 2.29. The van der Waals surface area contributed by atoms with E-state index in [1.165, 1.54) is 21.6 Å². The zero-order chi connectivity index (χ0) is 17.2. The van der Waals surface area contributed by atoms with Crippen LogP contribution in [0.1, 0.15) is 29.6 Å². The number of aryl methyl sites for hydroxylation is 1. The summed E-state index contributed by atoms with van der Waals surface area (Å²) < 4.78 is 11.0. The summed E-state index contributed by atoms with van der Waals surface area (Å²) in [5.74, 6) is 1.76. The molecule has 25 heavy (non-hydrogen) atoms. The first-order valence-electron chi connectivity index (χ1n) is 8.60. The van der Waals surface area contributed by atoms with Crippen molar-refractivity contribution in [3.8, 4) is 0 Å². The number of amides is 1. The van der Waals surface area contributed by atoms with Crippen LogP contribution in [0.25, 0.3) is 10.1 Å². The Kier molecular flexibility index (Phi) is 4.40. The number of benzene rings is 1. The molecule has 1 aromatic carbocycles. The van der Waals surface area contributed by atoms with Crippen LogP contribution in [0.2, 0.25) is 0 Å². The number of nitrogens with zero attached hydrogens (tertiary/aromatic N) is 4. The standard InChI is InChI=1S/C18H20N4O2S/c1-2-5-13-12-15(19-24-13)18(23)22-10-8-21(9-11-22)17-14-6-3-4-7-16(14)25-20-17/h3-4,6-7,12H,2,5,8-11H2,1H3. The van der Waals surface area contributed by atoms with E-state index < -0.39 is 0 Å². The summed E-state index contributed by atoms with van der Waals surface area (Å²) in [7, 11) is 0. The largest absolute Gasteiger partial charge is 0.361 e. The molecule has 0 unspecified atom stereocenters. The molecule has 3 aromatic rings. The lowest BCUT2D eigenvalue weighted by Crippen LogP contribution is -2.49. The maximum absolute atomic E-state index is 12.6. The number of piperazine rings is 1. The Hall–Kier alpha value is -2.41. The Morgan fingerprint density at radius 3 is 2.84 bits per heavy atom. The van der Waals surface area contributed by atoms with Crippen molar-refractivity contribution in [2.24, 2.45) is 0 Å². The van der Waals surface area contributed by atoms with Crippen molar-refractivity contribution in [2.75, 3.05) is 31.1 Å². The highest BCUT2D eigenvalue weighted by molar-refractivity contribution is 7.13. The van der Waals surface area contributed by atoms with Crippen LogP contribution in [-0.2, 0) is 6.42 Å². The number of aromatic nitrogens is 2. The van der Waals surface area contributed by atoms with Gasteiger partial charge in [0.2, 0.25) is 0 Å². The number of hydrogen-bond acceptors (Lipinski definition) is 6. The van der Waals surface area contributed by atoms with Crippen LogP contribution < -0.4 is 4.90 Å². The number of carbonyl (C=O) groups excluding carboxylic acids is 1. The quantitative estimate of drug-likeness (QED) is 0.718. The Morgan fingerprint density at radius 1 is 1.24 bits per heavy atom. The van der Waals surface area contributed by atoms with Crippen LogP contribution in [0.5, 0.6) is 0 Å². The zero-order valence-corrected chi connectivity index (χ0v) is 15.0. The number of rotatable bonds is 4. The summed E-state index contributed by atoms with van der Waals surface area (Å²) >= 11 is 1.52. The summed E-state index contributed by atoms with van der Waals surface area (Å²) in [5, 5.41) is 5.12. The summed E-state index contributed by atoms with van der Waals surface area (Å²) in [6.45, 7) is 4.96. The molecule has 0 saturated carbocycles. The minimum atomic E-state index is -0.0473. The first kappa shape index (κ1) is 16.1. The fourth-order valence-corrected chi connectivity index (χ4v) is 3.96. The molecule has 1 fully saturated rings. The Balaban J connectivity index is 1.43. The average Bonchev–Trinajstić information content (AvgIpc) is 3.29. The smallest absolute Gasteiger partial charge is 0.276 e. The van der Waals surface area contributed by atoms with Crippen LogP contribution in [0.4, 0.5) is 5.82 Å². The molecular formula is C18H20N4O2S. The Bertz CT molecular complexity index is 880. The minimum Gasteiger partial charge on any atom is -0.361 e. The number of anilines is 1. The lowest BCUT2D eigenvalue weighted by atomic mass is 10.2. The molecule has 3 heterocycles. The fraction of sp³-hybridized carbons (Fsp3) is 0.389. The molecule has 0 N–H and O–H groups in total. The summed E-state index contributed by atoms with van der Waals surface area (Å²) in [6.07, 6.45) is 1.79. The molecule has 1 amide bonds. The molecule has 2 aromatic heterocycles. The van der Waals surface area contributed by atoms with Crippen LogP contribution in [0.15, 0.2) is 34.9 Å². The van der Waals surface area contributed by atoms with Crippen molar-refractivity contribution in [3.63, 3.8) is 0 Å². The SMILES string of the molecule is CCCc1cc(C(=O)N2CCN(c3nsc4ccccc34)CC2)no1. The van der Waals surface area contributed by atoms with Crippen LogP contribution in [0, 0.1) is 0 Å². The van der Waals surface area contributed by atoms with Gasteiger partial charge in [0.1, 0.15) is 11.6 Å². The maximum Gasteiger partial charge on any atom is 0.276 e. The molecular weight excluding hydrogens is 336 g/mol. The highest BCUT2D eigenvalue weighted by Gasteiger charge is 2.26. The monoisotopic (exact) mass is 356 g/mol. The van der Waals surface area contributed by atoms with E-state index in [1.807, 2.05) is 17.0 Å². The van der Waals surface area contributed by atoms with Crippen LogP contribution in [0.3, 0.4) is 0 Å². The van der Waals surface area contributed by atoms with Gasteiger partial charge in [-0.25, -0.2) is 0 Å². The topological polar surface area (TPSA) is 62.5 Å². The lowest BCUT2D eigenvalue weighted by molar-refractivity contribution is 0.0736. The summed E-state index contributed by atoms with van der Waals surface area (Å²) in [6, 6.07) is 10.0. The molecule has 6 nitrogen and oxygen atoms in total. The predicted octanol–water partition coefficient (Wildman–Crippen LogP) is 3.20. The third-order valence-corrected chi connectivity index (χ3v) is 5.32. The van der Waals surface area contributed by atoms with Gasteiger partial charge in [0.25, 0.3) is 5.91 Å². The number of carbonyl (C=O) groups is 1. The molecule has 1 saturated heterocycles. The second-order valence-corrected chi connectivity index (χ2v) is 7.02. The second-order valence-electron chi connectivity index (χ2n) is 6.21. The van der Waals surface area contributed by atoms with Gasteiger partial charge in [-0.2, -0.15) is 4.37 Å². The van der Waals surface area contributed by atoms with Gasteiger partial charge in [0, 0.05) is 44.1 Å². The van der Waals surface area contributed by atoms with Gasteiger partial charge in [-0.1, -0.05) is 24.2 Å². The molecule has 1 aliphatic heterocycles. The fourth-order valence-electron chi connectivity index (χ4n) is 3.16. The number of fused-ring (bicyclic) bond motifs is 1. The summed E-state index contributed by atoms with van der Waals surface area (Å²) in [5.41, 5.74) is 0.413. The molecule has 4 rings (SSSR count). The van der Waals surface area contributed by atoms with Crippen molar-refractivity contribution in [3.05, 3.63) is 41.8 Å². The van der Waals surface area contributed by atoms with E-state index in [-0.39, 0.29) is 5.91 Å². The van der Waals surface area contributed by atoms with Crippen molar-refractivity contribution in [1.29, 1.82) is 0 Å². The predicted molar refractivity (Wildman–Crippen MR) is 98.2 cm³/mol. The highest BCUT2D eigenvalue weighted by atomic mass is 32.1. The number of hydrogen-bond donors (Lipinski definition) is 0. The van der Waals surface area contributed by atoms with Crippen molar-refractivity contribution in [2.45, 2.75) is 19.8 Å². The molecule has 0 spiro atoms. The molecule has 7 heteroatoms. The van der Waals surface area contributed by atoms with Gasteiger partial charge in [0.05, 0.1) is 4.70 Å². The molecule has 130 valence electrons. The van der Waals surface area contributed by atoms with E-state index in [0.29, 0.717) is 18.8 Å². The van der Waals surface area contributed by atoms with Crippen molar-refractivity contribution in [1.82, 2.24) is 14.4 Å². The summed E-state index contributed by atoms with van der Waals surface area (Å²) in [4.78, 5) is 16.7. The van der Waals surface area contributed by atoms with E-state index in [1.54, 1.807) is 6.07 Å². The molecule has 0 bridgehead atoms. The van der Waals surface area contributed by atoms with E-state index in [4.69, 9.17) is 4.52 Å². The molecule has 0 radical (unpaired) electrons. The third-order valence-electron chi connectivity index (χ3n) is 4.50. The van der Waals surface area contributed by atoms with Gasteiger partial charge >= 0.3 is 0 Å².